The number of likely N-dealkylation sites (tertiary alicyclic amines) is 1. The number of nitrogens with two attached hydrogens (primary N) is 1. The lowest BCUT2D eigenvalue weighted by molar-refractivity contribution is 0.326. The number of hydrogen-bond acceptors (Lipinski definition) is 5. The van der Waals surface area contributed by atoms with E-state index < -0.39 is 0 Å². The predicted molar refractivity (Wildman–Crippen MR) is 74.5 cm³/mol. The highest BCUT2D eigenvalue weighted by atomic mass is 32.1. The Kier molecular flexibility index (Phi) is 3.13. The Balaban J connectivity index is 1.57. The van der Waals surface area contributed by atoms with E-state index in [0.717, 1.165) is 18.4 Å². The molecule has 3 rings (SSSR count). The van der Waals surface area contributed by atoms with Crippen LogP contribution in [-0.2, 0) is 0 Å². The highest BCUT2D eigenvalue weighted by Gasteiger charge is 2.34. The topological polar surface area (TPSA) is 67.1 Å². The van der Waals surface area contributed by atoms with Gasteiger partial charge in [0.05, 0.1) is 12.4 Å². The lowest BCUT2D eigenvalue weighted by Crippen LogP contribution is -2.28. The number of thiocarbonyl (C=S) groups is 1. The second kappa shape index (κ2) is 4.78. The molecule has 1 saturated heterocycles. The molecule has 1 aromatic heterocycles. The second-order valence-electron chi connectivity index (χ2n) is 5.01. The molecule has 0 amide bonds. The highest BCUT2D eigenvalue weighted by molar-refractivity contribution is 7.80. The van der Waals surface area contributed by atoms with Gasteiger partial charge in [-0.1, -0.05) is 12.2 Å². The van der Waals surface area contributed by atoms with Crippen molar-refractivity contribution in [3.63, 3.8) is 0 Å². The molecule has 1 aliphatic heterocycles. The average molecular weight is 263 g/mol. The summed E-state index contributed by atoms with van der Waals surface area (Å²) in [6.07, 6.45) is 7.24. The molecular weight excluding hydrogens is 246 g/mol. The maximum absolute atomic E-state index is 5.49. The summed E-state index contributed by atoms with van der Waals surface area (Å²) in [5.41, 5.74) is 6.06. The summed E-state index contributed by atoms with van der Waals surface area (Å²) in [5, 5.41) is 3.42. The fourth-order valence-electron chi connectivity index (χ4n) is 2.42. The summed E-state index contributed by atoms with van der Waals surface area (Å²) in [4.78, 5) is 11.3. The van der Waals surface area contributed by atoms with Crippen molar-refractivity contribution in [3.05, 3.63) is 18.1 Å². The van der Waals surface area contributed by atoms with Crippen LogP contribution in [0.5, 0.6) is 0 Å². The van der Waals surface area contributed by atoms with Gasteiger partial charge in [0.25, 0.3) is 0 Å². The molecule has 1 saturated carbocycles. The molecule has 2 heterocycles. The van der Waals surface area contributed by atoms with E-state index in [2.05, 4.69) is 20.2 Å². The minimum Gasteiger partial charge on any atom is -0.388 e. The lowest BCUT2D eigenvalue weighted by Gasteiger charge is -2.16. The molecule has 0 bridgehead atoms. The monoisotopic (exact) mass is 263 g/mol. The summed E-state index contributed by atoms with van der Waals surface area (Å²) in [6.45, 7) is 2.31. The van der Waals surface area contributed by atoms with E-state index >= 15 is 0 Å². The molecule has 1 unspecified atom stereocenters. The van der Waals surface area contributed by atoms with E-state index in [9.17, 15) is 0 Å². The van der Waals surface area contributed by atoms with Crippen molar-refractivity contribution in [1.82, 2.24) is 14.9 Å². The molecule has 0 aromatic carbocycles. The summed E-state index contributed by atoms with van der Waals surface area (Å²) < 4.78 is 0. The zero-order valence-corrected chi connectivity index (χ0v) is 11.0. The van der Waals surface area contributed by atoms with E-state index in [1.807, 2.05) is 0 Å². The van der Waals surface area contributed by atoms with Gasteiger partial charge in [0.2, 0.25) is 0 Å². The van der Waals surface area contributed by atoms with Gasteiger partial charge in [-0.05, 0) is 19.3 Å². The van der Waals surface area contributed by atoms with Crippen molar-refractivity contribution in [2.24, 2.45) is 5.73 Å². The van der Waals surface area contributed by atoms with Crippen molar-refractivity contribution < 1.29 is 0 Å². The third kappa shape index (κ3) is 2.59. The summed E-state index contributed by atoms with van der Waals surface area (Å²) in [5.74, 6) is 0.803. The molecule has 1 atom stereocenters. The van der Waals surface area contributed by atoms with Gasteiger partial charge < -0.3 is 11.1 Å². The Labute approximate surface area is 112 Å². The van der Waals surface area contributed by atoms with Crippen LogP contribution < -0.4 is 11.1 Å². The van der Waals surface area contributed by atoms with Gasteiger partial charge in [-0.15, -0.1) is 0 Å². The van der Waals surface area contributed by atoms with Crippen LogP contribution >= 0.6 is 12.2 Å². The Morgan fingerprint density at radius 2 is 2.17 bits per heavy atom. The van der Waals surface area contributed by atoms with Gasteiger partial charge in [0.1, 0.15) is 16.5 Å². The van der Waals surface area contributed by atoms with E-state index in [4.69, 9.17) is 18.0 Å². The average Bonchev–Trinajstić information content (AvgIpc) is 3.11. The SMILES string of the molecule is NC(=S)c1cnc(NC2CCN(C3CC3)C2)cn1. The molecule has 6 heteroatoms. The van der Waals surface area contributed by atoms with Gasteiger partial charge in [0, 0.05) is 25.2 Å². The van der Waals surface area contributed by atoms with Crippen molar-refractivity contribution in [2.45, 2.75) is 31.3 Å². The van der Waals surface area contributed by atoms with Gasteiger partial charge >= 0.3 is 0 Å². The first kappa shape index (κ1) is 11.8. The molecule has 1 aromatic rings. The predicted octanol–water partition coefficient (Wildman–Crippen LogP) is 0.759. The highest BCUT2D eigenvalue weighted by Crippen LogP contribution is 2.30. The molecule has 2 fully saturated rings. The number of rotatable bonds is 4. The Bertz CT molecular complexity index is 442. The van der Waals surface area contributed by atoms with Crippen LogP contribution in [0.15, 0.2) is 12.4 Å². The van der Waals surface area contributed by atoms with E-state index in [1.54, 1.807) is 12.4 Å². The van der Waals surface area contributed by atoms with Crippen LogP contribution in [0.3, 0.4) is 0 Å². The largest absolute Gasteiger partial charge is 0.388 e. The third-order valence-electron chi connectivity index (χ3n) is 3.54. The van der Waals surface area contributed by atoms with Crippen LogP contribution in [0, 0.1) is 0 Å². The van der Waals surface area contributed by atoms with Crippen molar-refractivity contribution in [3.8, 4) is 0 Å². The maximum atomic E-state index is 5.49. The minimum absolute atomic E-state index is 0.287. The van der Waals surface area contributed by atoms with E-state index in [1.165, 1.54) is 25.8 Å². The molecule has 3 N–H and O–H groups in total. The molecule has 2 aliphatic rings. The van der Waals surface area contributed by atoms with Crippen LogP contribution in [0.1, 0.15) is 25.0 Å². The van der Waals surface area contributed by atoms with Crippen LogP contribution in [0.2, 0.25) is 0 Å². The molecule has 0 radical (unpaired) electrons. The maximum Gasteiger partial charge on any atom is 0.144 e. The number of aromatic nitrogens is 2. The van der Waals surface area contributed by atoms with Gasteiger partial charge in [-0.2, -0.15) is 0 Å². The first-order chi connectivity index (χ1) is 8.72. The number of nitrogens with one attached hydrogen (secondary N) is 1. The summed E-state index contributed by atoms with van der Waals surface area (Å²) >= 11 is 4.85. The molecule has 96 valence electrons. The quantitative estimate of drug-likeness (QED) is 0.782. The standard InChI is InChI=1S/C12H17N5S/c13-12(18)10-5-15-11(6-14-10)16-8-3-4-17(7-8)9-1-2-9/h5-6,8-9H,1-4,7H2,(H2,13,18)(H,15,16). The minimum atomic E-state index is 0.287. The summed E-state index contributed by atoms with van der Waals surface area (Å²) in [6, 6.07) is 1.33. The Morgan fingerprint density at radius 3 is 2.78 bits per heavy atom. The number of anilines is 1. The van der Waals surface area contributed by atoms with Gasteiger partial charge in [0.15, 0.2) is 0 Å². The smallest absolute Gasteiger partial charge is 0.144 e. The first-order valence-electron chi connectivity index (χ1n) is 6.35. The van der Waals surface area contributed by atoms with Gasteiger partial charge in [-0.3, -0.25) is 4.90 Å². The van der Waals surface area contributed by atoms with Crippen molar-refractivity contribution in [1.29, 1.82) is 0 Å². The van der Waals surface area contributed by atoms with E-state index in [0.29, 0.717) is 11.7 Å². The number of hydrogen-bond donors (Lipinski definition) is 2. The van der Waals surface area contributed by atoms with Gasteiger partial charge in [-0.25, -0.2) is 9.97 Å². The van der Waals surface area contributed by atoms with Crippen LogP contribution in [-0.4, -0.2) is 45.0 Å². The fraction of sp³-hybridized carbons (Fsp3) is 0.583. The van der Waals surface area contributed by atoms with Crippen LogP contribution in [0.4, 0.5) is 5.82 Å². The first-order valence-corrected chi connectivity index (χ1v) is 6.75. The molecule has 1 aliphatic carbocycles. The fourth-order valence-corrected chi connectivity index (χ4v) is 2.52. The zero-order chi connectivity index (χ0) is 12.5. The number of nitrogens with zero attached hydrogens (tertiary/aromatic N) is 3. The third-order valence-corrected chi connectivity index (χ3v) is 3.75. The molecule has 0 spiro atoms. The molecule has 18 heavy (non-hydrogen) atoms. The van der Waals surface area contributed by atoms with Crippen molar-refractivity contribution in [2.75, 3.05) is 18.4 Å². The summed E-state index contributed by atoms with van der Waals surface area (Å²) in [7, 11) is 0. The molecular formula is C12H17N5S. The lowest BCUT2D eigenvalue weighted by atomic mass is 10.2. The molecule has 5 nitrogen and oxygen atoms in total. The second-order valence-corrected chi connectivity index (χ2v) is 5.45. The van der Waals surface area contributed by atoms with E-state index in [-0.39, 0.29) is 4.99 Å². The normalized spacial score (nSPS) is 24.1. The van der Waals surface area contributed by atoms with Crippen LogP contribution in [0.25, 0.3) is 0 Å². The van der Waals surface area contributed by atoms with Crippen molar-refractivity contribution >= 4 is 23.0 Å². The Hall–Kier alpha value is -1.27. The Morgan fingerprint density at radius 1 is 1.33 bits per heavy atom. The zero-order valence-electron chi connectivity index (χ0n) is 10.2.